The minimum atomic E-state index is -0.471. The molecule has 0 radical (unpaired) electrons. The Kier molecular flexibility index (Phi) is 3.29. The molecular weight excluding hydrogens is 210 g/mol. The maximum Gasteiger partial charge on any atom is 0.0833 e. The number of hydrogen-bond donors (Lipinski definition) is 2. The normalized spacial score (nSPS) is 27.9. The van der Waals surface area contributed by atoms with Crippen molar-refractivity contribution in [3.8, 4) is 0 Å². The van der Waals surface area contributed by atoms with Gasteiger partial charge >= 0.3 is 0 Å². The molecule has 1 aromatic rings. The zero-order chi connectivity index (χ0) is 10.8. The maximum absolute atomic E-state index is 10.2. The summed E-state index contributed by atoms with van der Waals surface area (Å²) < 4.78 is 0. The Bertz CT molecular complexity index is 342. The number of rotatable bonds is 2. The second-order valence-electron chi connectivity index (χ2n) is 4.26. The molecule has 0 amide bonds. The molecule has 2 nitrogen and oxygen atoms in total. The van der Waals surface area contributed by atoms with Crippen molar-refractivity contribution in [2.24, 2.45) is 11.7 Å². The fourth-order valence-corrected chi connectivity index (χ4v) is 2.55. The Balaban J connectivity index is 2.16. The van der Waals surface area contributed by atoms with Crippen LogP contribution in [0.5, 0.6) is 0 Å². The van der Waals surface area contributed by atoms with E-state index < -0.39 is 6.10 Å². The van der Waals surface area contributed by atoms with Gasteiger partial charge in [0.15, 0.2) is 0 Å². The molecule has 1 saturated carbocycles. The van der Waals surface area contributed by atoms with Crippen LogP contribution in [0.1, 0.15) is 30.9 Å². The third-order valence-electron chi connectivity index (χ3n) is 3.22. The molecule has 0 aromatic heterocycles. The molecule has 3 heteroatoms. The molecule has 1 aliphatic carbocycles. The number of aliphatic hydroxyl groups excluding tert-OH is 1. The lowest BCUT2D eigenvalue weighted by Crippen LogP contribution is -2.29. The summed E-state index contributed by atoms with van der Waals surface area (Å²) >= 11 is 5.89. The first-order valence-corrected chi connectivity index (χ1v) is 5.75. The molecule has 3 N–H and O–H groups in total. The summed E-state index contributed by atoms with van der Waals surface area (Å²) in [5, 5.41) is 10.8. The number of aliphatic hydroxyl groups is 1. The predicted octanol–water partition coefficient (Wildman–Crippen LogP) is 2.50. The molecule has 0 aliphatic heterocycles. The summed E-state index contributed by atoms with van der Waals surface area (Å²) in [6, 6.07) is 7.52. The lowest BCUT2D eigenvalue weighted by molar-refractivity contribution is 0.103. The van der Waals surface area contributed by atoms with E-state index in [1.807, 2.05) is 24.3 Å². The van der Waals surface area contributed by atoms with Gasteiger partial charge in [-0.1, -0.05) is 30.2 Å². The molecule has 82 valence electrons. The van der Waals surface area contributed by atoms with Crippen molar-refractivity contribution in [2.75, 3.05) is 0 Å². The highest BCUT2D eigenvalue weighted by Gasteiger charge is 2.31. The summed E-state index contributed by atoms with van der Waals surface area (Å²) in [5.74, 6) is 0.184. The van der Waals surface area contributed by atoms with E-state index in [-0.39, 0.29) is 12.0 Å². The highest BCUT2D eigenvalue weighted by molar-refractivity contribution is 6.30. The van der Waals surface area contributed by atoms with Gasteiger partial charge in [0.2, 0.25) is 0 Å². The van der Waals surface area contributed by atoms with E-state index in [1.165, 1.54) is 0 Å². The fraction of sp³-hybridized carbons (Fsp3) is 0.500. The molecule has 0 saturated heterocycles. The second kappa shape index (κ2) is 4.52. The van der Waals surface area contributed by atoms with E-state index in [0.29, 0.717) is 5.02 Å². The third kappa shape index (κ3) is 2.33. The Morgan fingerprint density at radius 1 is 1.40 bits per heavy atom. The van der Waals surface area contributed by atoms with Crippen molar-refractivity contribution in [3.05, 3.63) is 34.9 Å². The average Bonchev–Trinajstić information content (AvgIpc) is 2.63. The molecule has 1 fully saturated rings. The van der Waals surface area contributed by atoms with Crippen LogP contribution in [-0.4, -0.2) is 11.1 Å². The Morgan fingerprint density at radius 3 is 2.80 bits per heavy atom. The van der Waals surface area contributed by atoms with Crippen molar-refractivity contribution in [1.29, 1.82) is 0 Å². The van der Waals surface area contributed by atoms with Crippen LogP contribution >= 0.6 is 11.6 Å². The van der Waals surface area contributed by atoms with Gasteiger partial charge in [0.25, 0.3) is 0 Å². The first-order valence-electron chi connectivity index (χ1n) is 5.37. The van der Waals surface area contributed by atoms with E-state index in [0.717, 1.165) is 24.8 Å². The number of nitrogens with two attached hydrogens (primary N) is 1. The molecule has 2 rings (SSSR count). The number of halogens is 1. The van der Waals surface area contributed by atoms with Crippen molar-refractivity contribution >= 4 is 11.6 Å². The van der Waals surface area contributed by atoms with Crippen LogP contribution in [0, 0.1) is 5.92 Å². The maximum atomic E-state index is 10.2. The molecule has 0 bridgehead atoms. The molecule has 3 unspecified atom stereocenters. The van der Waals surface area contributed by atoms with Crippen LogP contribution in [0.3, 0.4) is 0 Å². The molecule has 3 atom stereocenters. The van der Waals surface area contributed by atoms with Crippen LogP contribution in [0.25, 0.3) is 0 Å². The number of benzene rings is 1. The van der Waals surface area contributed by atoms with E-state index >= 15 is 0 Å². The fourth-order valence-electron chi connectivity index (χ4n) is 2.35. The second-order valence-corrected chi connectivity index (χ2v) is 4.69. The molecule has 0 heterocycles. The van der Waals surface area contributed by atoms with Gasteiger partial charge in [0.1, 0.15) is 0 Å². The first-order chi connectivity index (χ1) is 7.18. The molecule has 1 aromatic carbocycles. The smallest absolute Gasteiger partial charge is 0.0833 e. The van der Waals surface area contributed by atoms with Gasteiger partial charge in [-0.05, 0) is 30.5 Å². The van der Waals surface area contributed by atoms with E-state index in [1.54, 1.807) is 0 Å². The van der Waals surface area contributed by atoms with Gasteiger partial charge in [0.05, 0.1) is 6.10 Å². The van der Waals surface area contributed by atoms with Gasteiger partial charge in [-0.25, -0.2) is 0 Å². The van der Waals surface area contributed by atoms with E-state index in [9.17, 15) is 5.11 Å². The predicted molar refractivity (Wildman–Crippen MR) is 61.7 cm³/mol. The van der Waals surface area contributed by atoms with Crippen LogP contribution in [-0.2, 0) is 0 Å². The lowest BCUT2D eigenvalue weighted by Gasteiger charge is -2.22. The minimum Gasteiger partial charge on any atom is -0.388 e. The van der Waals surface area contributed by atoms with Crippen molar-refractivity contribution in [1.82, 2.24) is 0 Å². The van der Waals surface area contributed by atoms with Crippen LogP contribution in [0.15, 0.2) is 24.3 Å². The Morgan fingerprint density at radius 2 is 2.20 bits per heavy atom. The highest BCUT2D eigenvalue weighted by Crippen LogP contribution is 2.35. The van der Waals surface area contributed by atoms with Crippen molar-refractivity contribution in [3.63, 3.8) is 0 Å². The van der Waals surface area contributed by atoms with Crippen LogP contribution in [0.4, 0.5) is 0 Å². The molecule has 0 spiro atoms. The molecule has 1 aliphatic rings. The largest absolute Gasteiger partial charge is 0.388 e. The first kappa shape index (κ1) is 10.9. The van der Waals surface area contributed by atoms with Crippen LogP contribution in [0.2, 0.25) is 5.02 Å². The quantitative estimate of drug-likeness (QED) is 0.813. The average molecular weight is 226 g/mol. The molecular formula is C12H16ClNO. The Hall–Kier alpha value is -0.570. The van der Waals surface area contributed by atoms with E-state index in [4.69, 9.17) is 17.3 Å². The summed E-state index contributed by atoms with van der Waals surface area (Å²) in [6.45, 7) is 0. The number of hydrogen-bond acceptors (Lipinski definition) is 2. The lowest BCUT2D eigenvalue weighted by atomic mass is 9.92. The van der Waals surface area contributed by atoms with Crippen molar-refractivity contribution < 1.29 is 5.11 Å². The van der Waals surface area contributed by atoms with Crippen molar-refractivity contribution in [2.45, 2.75) is 31.4 Å². The summed E-state index contributed by atoms with van der Waals surface area (Å²) in [5.41, 5.74) is 6.84. The zero-order valence-electron chi connectivity index (χ0n) is 8.57. The van der Waals surface area contributed by atoms with Gasteiger partial charge in [0, 0.05) is 17.0 Å². The molecule has 15 heavy (non-hydrogen) atoms. The van der Waals surface area contributed by atoms with Gasteiger partial charge < -0.3 is 10.8 Å². The summed E-state index contributed by atoms with van der Waals surface area (Å²) in [4.78, 5) is 0. The monoisotopic (exact) mass is 225 g/mol. The summed E-state index contributed by atoms with van der Waals surface area (Å²) in [6.07, 6.45) is 2.67. The summed E-state index contributed by atoms with van der Waals surface area (Å²) in [7, 11) is 0. The van der Waals surface area contributed by atoms with E-state index in [2.05, 4.69) is 0 Å². The third-order valence-corrected chi connectivity index (χ3v) is 3.46. The van der Waals surface area contributed by atoms with Gasteiger partial charge in [-0.2, -0.15) is 0 Å². The standard InChI is InChI=1S/C12H16ClNO/c13-9-4-1-3-8(7-9)12(15)10-5-2-6-11(10)14/h1,3-4,7,10-12,15H,2,5-6,14H2. The minimum absolute atomic E-state index is 0.124. The van der Waals surface area contributed by atoms with Crippen LogP contribution < -0.4 is 5.73 Å². The SMILES string of the molecule is NC1CCCC1C(O)c1cccc(Cl)c1. The highest BCUT2D eigenvalue weighted by atomic mass is 35.5. The Labute approximate surface area is 95.1 Å². The zero-order valence-corrected chi connectivity index (χ0v) is 9.32. The van der Waals surface area contributed by atoms with Gasteiger partial charge in [-0.3, -0.25) is 0 Å². The van der Waals surface area contributed by atoms with Gasteiger partial charge in [-0.15, -0.1) is 0 Å². The topological polar surface area (TPSA) is 46.2 Å².